The largest absolute Gasteiger partial charge is 0.325 e. The first-order chi connectivity index (χ1) is 6.88. The van der Waals surface area contributed by atoms with E-state index >= 15 is 0 Å². The quantitative estimate of drug-likeness (QED) is 0.924. The molecule has 82 valence electrons. The van der Waals surface area contributed by atoms with E-state index in [1.165, 1.54) is 18.5 Å². The van der Waals surface area contributed by atoms with E-state index in [2.05, 4.69) is 26.2 Å². The lowest BCUT2D eigenvalue weighted by Crippen LogP contribution is -2.22. The third-order valence-electron chi connectivity index (χ3n) is 1.52. The summed E-state index contributed by atoms with van der Waals surface area (Å²) in [5, 5.41) is 2.36. The summed E-state index contributed by atoms with van der Waals surface area (Å²) in [6.45, 7) is 0.703. The van der Waals surface area contributed by atoms with Gasteiger partial charge in [-0.3, -0.25) is 9.78 Å². The molecule has 1 heterocycles. The fourth-order valence-electron chi connectivity index (χ4n) is 0.953. The van der Waals surface area contributed by atoms with Crippen LogP contribution in [0.5, 0.6) is 0 Å². The Morgan fingerprint density at radius 2 is 2.33 bits per heavy atom. The fraction of sp³-hybridized carbons (Fsp3) is 0.333. The molecule has 0 spiro atoms. The SMILES string of the molecule is CC(F)(F)CC(=O)Nc1ccncc1Br. The van der Waals surface area contributed by atoms with E-state index in [-0.39, 0.29) is 0 Å². The van der Waals surface area contributed by atoms with E-state index in [1.807, 2.05) is 0 Å². The smallest absolute Gasteiger partial charge is 0.254 e. The molecule has 0 aromatic carbocycles. The monoisotopic (exact) mass is 278 g/mol. The van der Waals surface area contributed by atoms with Gasteiger partial charge in [0.1, 0.15) is 0 Å². The number of anilines is 1. The molecule has 1 aromatic rings. The van der Waals surface area contributed by atoms with Crippen LogP contribution in [0, 0.1) is 0 Å². The number of carbonyl (C=O) groups excluding carboxylic acids is 1. The predicted octanol–water partition coefficient (Wildman–Crippen LogP) is 2.83. The maximum atomic E-state index is 12.5. The molecule has 1 amide bonds. The zero-order valence-corrected chi connectivity index (χ0v) is 9.51. The van der Waals surface area contributed by atoms with E-state index in [4.69, 9.17) is 0 Å². The topological polar surface area (TPSA) is 42.0 Å². The highest BCUT2D eigenvalue weighted by molar-refractivity contribution is 9.10. The van der Waals surface area contributed by atoms with E-state index in [0.717, 1.165) is 0 Å². The minimum Gasteiger partial charge on any atom is -0.325 e. The zero-order chi connectivity index (χ0) is 11.5. The molecule has 1 rings (SSSR count). The van der Waals surface area contributed by atoms with E-state index in [0.29, 0.717) is 17.1 Å². The van der Waals surface area contributed by atoms with Gasteiger partial charge in [0.05, 0.1) is 16.6 Å². The summed E-state index contributed by atoms with van der Waals surface area (Å²) in [5.41, 5.74) is 0.430. The highest BCUT2D eigenvalue weighted by atomic mass is 79.9. The van der Waals surface area contributed by atoms with Crippen LogP contribution in [0.1, 0.15) is 13.3 Å². The molecule has 0 saturated heterocycles. The third kappa shape index (κ3) is 4.33. The number of alkyl halides is 2. The van der Waals surface area contributed by atoms with E-state index < -0.39 is 18.3 Å². The summed E-state index contributed by atoms with van der Waals surface area (Å²) in [6.07, 6.45) is 2.10. The molecule has 6 heteroatoms. The Morgan fingerprint density at radius 1 is 1.67 bits per heavy atom. The first-order valence-corrected chi connectivity index (χ1v) is 4.95. The summed E-state index contributed by atoms with van der Waals surface area (Å²) < 4.78 is 25.5. The van der Waals surface area contributed by atoms with Crippen molar-refractivity contribution in [2.24, 2.45) is 0 Å². The molecule has 1 N–H and O–H groups in total. The average molecular weight is 279 g/mol. The van der Waals surface area contributed by atoms with Gasteiger partial charge in [0, 0.05) is 12.4 Å². The van der Waals surface area contributed by atoms with Gasteiger partial charge in [-0.2, -0.15) is 0 Å². The number of aromatic nitrogens is 1. The van der Waals surface area contributed by atoms with Crippen molar-refractivity contribution in [3.8, 4) is 0 Å². The van der Waals surface area contributed by atoms with Crippen molar-refractivity contribution in [3.63, 3.8) is 0 Å². The number of amides is 1. The van der Waals surface area contributed by atoms with Crippen molar-refractivity contribution in [1.82, 2.24) is 4.98 Å². The van der Waals surface area contributed by atoms with Crippen LogP contribution in [0.2, 0.25) is 0 Å². The second kappa shape index (κ2) is 4.65. The fourth-order valence-corrected chi connectivity index (χ4v) is 1.30. The molecule has 15 heavy (non-hydrogen) atoms. The summed E-state index contributed by atoms with van der Waals surface area (Å²) in [4.78, 5) is 14.9. The van der Waals surface area contributed by atoms with Crippen LogP contribution in [0.25, 0.3) is 0 Å². The minimum absolute atomic E-state index is 0.430. The lowest BCUT2D eigenvalue weighted by atomic mass is 10.2. The minimum atomic E-state index is -3.00. The maximum Gasteiger partial charge on any atom is 0.254 e. The Hall–Kier alpha value is -1.04. The van der Waals surface area contributed by atoms with Crippen LogP contribution in [0.15, 0.2) is 22.9 Å². The predicted molar refractivity (Wildman–Crippen MR) is 55.8 cm³/mol. The van der Waals surface area contributed by atoms with Crippen molar-refractivity contribution in [2.45, 2.75) is 19.3 Å². The lowest BCUT2D eigenvalue weighted by Gasteiger charge is -2.10. The van der Waals surface area contributed by atoms with Crippen LogP contribution in [-0.2, 0) is 4.79 Å². The lowest BCUT2D eigenvalue weighted by molar-refractivity contribution is -0.122. The molecule has 0 radical (unpaired) electrons. The Bertz CT molecular complexity index is 365. The van der Waals surface area contributed by atoms with Gasteiger partial charge in [0.15, 0.2) is 0 Å². The molecular formula is C9H9BrF2N2O. The average Bonchev–Trinajstić information content (AvgIpc) is 2.05. The summed E-state index contributed by atoms with van der Waals surface area (Å²) in [5.74, 6) is -3.72. The molecular weight excluding hydrogens is 270 g/mol. The number of nitrogens with one attached hydrogen (secondary N) is 1. The summed E-state index contributed by atoms with van der Waals surface area (Å²) >= 11 is 3.14. The second-order valence-corrected chi connectivity index (χ2v) is 4.01. The molecule has 0 aliphatic rings. The van der Waals surface area contributed by atoms with Gasteiger partial charge in [-0.25, -0.2) is 8.78 Å². The number of hydrogen-bond donors (Lipinski definition) is 1. The van der Waals surface area contributed by atoms with Crippen LogP contribution < -0.4 is 5.32 Å². The molecule has 1 aromatic heterocycles. The molecule has 0 fully saturated rings. The molecule has 3 nitrogen and oxygen atoms in total. The summed E-state index contributed by atoms with van der Waals surface area (Å²) in [6, 6.07) is 1.52. The zero-order valence-electron chi connectivity index (χ0n) is 7.93. The van der Waals surface area contributed by atoms with Gasteiger partial charge in [0.25, 0.3) is 5.92 Å². The van der Waals surface area contributed by atoms with E-state index in [9.17, 15) is 13.6 Å². The Kier molecular flexibility index (Phi) is 3.73. The molecule has 0 atom stereocenters. The number of halogens is 3. The van der Waals surface area contributed by atoms with Gasteiger partial charge in [-0.05, 0) is 28.9 Å². The Balaban J connectivity index is 2.64. The number of pyridine rings is 1. The van der Waals surface area contributed by atoms with Crippen molar-refractivity contribution in [1.29, 1.82) is 0 Å². The first kappa shape index (κ1) is 12.0. The normalized spacial score (nSPS) is 11.2. The number of carbonyl (C=O) groups is 1. The number of rotatable bonds is 3. The third-order valence-corrected chi connectivity index (χ3v) is 2.15. The van der Waals surface area contributed by atoms with Crippen LogP contribution in [0.4, 0.5) is 14.5 Å². The van der Waals surface area contributed by atoms with Crippen LogP contribution >= 0.6 is 15.9 Å². The molecule has 0 bridgehead atoms. The standard InChI is InChI=1S/C9H9BrF2N2O/c1-9(11,12)4-8(15)14-7-2-3-13-5-6(7)10/h2-3,5H,4H2,1H3,(H,13,14,15). The molecule has 0 aliphatic heterocycles. The van der Waals surface area contributed by atoms with Gasteiger partial charge in [0.2, 0.25) is 5.91 Å². The second-order valence-electron chi connectivity index (χ2n) is 3.15. The molecule has 0 unspecified atom stereocenters. The Morgan fingerprint density at radius 3 is 2.87 bits per heavy atom. The highest BCUT2D eigenvalue weighted by Gasteiger charge is 2.25. The Labute approximate surface area is 94.0 Å². The first-order valence-electron chi connectivity index (χ1n) is 4.16. The van der Waals surface area contributed by atoms with Crippen molar-refractivity contribution in [3.05, 3.63) is 22.9 Å². The van der Waals surface area contributed by atoms with Crippen LogP contribution in [-0.4, -0.2) is 16.8 Å². The molecule has 0 saturated carbocycles. The van der Waals surface area contributed by atoms with Crippen molar-refractivity contribution >= 4 is 27.5 Å². The van der Waals surface area contributed by atoms with Gasteiger partial charge in [-0.1, -0.05) is 0 Å². The van der Waals surface area contributed by atoms with Gasteiger partial charge in [-0.15, -0.1) is 0 Å². The van der Waals surface area contributed by atoms with Gasteiger partial charge < -0.3 is 5.32 Å². The van der Waals surface area contributed by atoms with Crippen molar-refractivity contribution < 1.29 is 13.6 Å². The molecule has 0 aliphatic carbocycles. The highest BCUT2D eigenvalue weighted by Crippen LogP contribution is 2.22. The van der Waals surface area contributed by atoms with Crippen molar-refractivity contribution in [2.75, 3.05) is 5.32 Å². The van der Waals surface area contributed by atoms with Crippen LogP contribution in [0.3, 0.4) is 0 Å². The summed E-state index contributed by atoms with van der Waals surface area (Å²) in [7, 11) is 0. The van der Waals surface area contributed by atoms with E-state index in [1.54, 1.807) is 0 Å². The number of nitrogens with zero attached hydrogens (tertiary/aromatic N) is 1. The number of hydrogen-bond acceptors (Lipinski definition) is 2. The maximum absolute atomic E-state index is 12.5. The van der Waals surface area contributed by atoms with Gasteiger partial charge >= 0.3 is 0 Å².